The molecule has 0 saturated carbocycles. The molecule has 0 saturated heterocycles. The van der Waals surface area contributed by atoms with Gasteiger partial charge in [0.15, 0.2) is 11.4 Å². The summed E-state index contributed by atoms with van der Waals surface area (Å²) in [5, 5.41) is 22.2. The number of carbonyl (C=O) groups excluding carboxylic acids is 2. The molecule has 1 heterocycles. The minimum Gasteiger partial charge on any atom is -0.505 e. The number of ether oxygens (including phenoxy) is 1. The lowest BCUT2D eigenvalue weighted by Gasteiger charge is -2.12. The number of amides is 2. The van der Waals surface area contributed by atoms with Crippen LogP contribution in [0.15, 0.2) is 48.5 Å². The predicted octanol–water partition coefficient (Wildman–Crippen LogP) is 1.77. The van der Waals surface area contributed by atoms with Crippen LogP contribution in [0.5, 0.6) is 11.6 Å². The fourth-order valence-electron chi connectivity index (χ4n) is 2.86. The fourth-order valence-corrected chi connectivity index (χ4v) is 2.86. The minimum absolute atomic E-state index is 0.180. The van der Waals surface area contributed by atoms with Gasteiger partial charge in [-0.05, 0) is 23.6 Å². The second-order valence-corrected chi connectivity index (χ2v) is 6.08. The number of benzene rings is 2. The van der Waals surface area contributed by atoms with Crippen molar-refractivity contribution < 1.29 is 24.6 Å². The second kappa shape index (κ2) is 8.36. The average Bonchev–Trinajstić information content (AvgIpc) is 2.72. The van der Waals surface area contributed by atoms with Crippen LogP contribution in [0.4, 0.5) is 0 Å². The Morgan fingerprint density at radius 3 is 2.50 bits per heavy atom. The van der Waals surface area contributed by atoms with Crippen LogP contribution in [0.2, 0.25) is 0 Å². The summed E-state index contributed by atoms with van der Waals surface area (Å²) in [6.45, 7) is -0.465. The zero-order valence-corrected chi connectivity index (χ0v) is 15.1. The third-order valence-corrected chi connectivity index (χ3v) is 4.20. The van der Waals surface area contributed by atoms with E-state index in [2.05, 4.69) is 10.3 Å². The summed E-state index contributed by atoms with van der Waals surface area (Å²) in [5.41, 5.74) is 3.26. The molecule has 3 aromatic rings. The van der Waals surface area contributed by atoms with Gasteiger partial charge in [0.05, 0.1) is 13.7 Å². The molecule has 0 fully saturated rings. The zero-order chi connectivity index (χ0) is 20.1. The molecule has 0 unspecified atom stereocenters. The molecule has 0 spiro atoms. The molecule has 144 valence electrons. The number of nitrogens with one attached hydrogen (secondary N) is 2. The first kappa shape index (κ1) is 19.1. The molecule has 2 amide bonds. The maximum atomic E-state index is 12.3. The Bertz CT molecular complexity index is 1020. The molecule has 0 aliphatic rings. The van der Waals surface area contributed by atoms with Gasteiger partial charge in [-0.1, -0.05) is 42.5 Å². The smallest absolute Gasteiger partial charge is 0.274 e. The first-order valence-corrected chi connectivity index (χ1v) is 8.48. The summed E-state index contributed by atoms with van der Waals surface area (Å²) < 4.78 is 5.30. The fraction of sp³-hybridized carbons (Fsp3) is 0.150. The average molecular weight is 381 g/mol. The molecule has 8 heteroatoms. The van der Waals surface area contributed by atoms with Gasteiger partial charge in [-0.3, -0.25) is 14.8 Å². The maximum absolute atomic E-state index is 12.3. The Labute approximate surface area is 160 Å². The lowest BCUT2D eigenvalue weighted by molar-refractivity contribution is -0.128. The molecule has 0 atom stereocenters. The summed E-state index contributed by atoms with van der Waals surface area (Å²) in [6, 6.07) is 15.3. The van der Waals surface area contributed by atoms with Gasteiger partial charge in [0, 0.05) is 10.8 Å². The highest BCUT2D eigenvalue weighted by atomic mass is 16.5. The minimum atomic E-state index is -0.800. The summed E-state index contributed by atoms with van der Waals surface area (Å²) in [6.07, 6.45) is 0.694. The predicted molar refractivity (Wildman–Crippen MR) is 101 cm³/mol. The Morgan fingerprint density at radius 1 is 1.07 bits per heavy atom. The monoisotopic (exact) mass is 381 g/mol. The van der Waals surface area contributed by atoms with Crippen LogP contribution in [0, 0.1) is 0 Å². The lowest BCUT2D eigenvalue weighted by Crippen LogP contribution is -2.35. The number of aromatic hydroxyl groups is 1. The third kappa shape index (κ3) is 4.02. The Kier molecular flexibility index (Phi) is 5.71. The van der Waals surface area contributed by atoms with E-state index in [-0.39, 0.29) is 17.3 Å². The van der Waals surface area contributed by atoms with Crippen LogP contribution in [0.1, 0.15) is 21.6 Å². The molecule has 1 aromatic heterocycles. The van der Waals surface area contributed by atoms with Crippen molar-refractivity contribution in [1.29, 1.82) is 0 Å². The van der Waals surface area contributed by atoms with E-state index in [1.165, 1.54) is 12.6 Å². The number of hydrogen-bond donors (Lipinski definition) is 4. The van der Waals surface area contributed by atoms with Crippen LogP contribution in [0.3, 0.4) is 0 Å². The van der Waals surface area contributed by atoms with Crippen molar-refractivity contribution in [3.8, 4) is 11.6 Å². The quantitative estimate of drug-likeness (QED) is 0.381. The number of carbonyl (C=O) groups is 2. The van der Waals surface area contributed by atoms with E-state index >= 15 is 0 Å². The Balaban J connectivity index is 1.96. The van der Waals surface area contributed by atoms with Crippen molar-refractivity contribution in [3.63, 3.8) is 0 Å². The van der Waals surface area contributed by atoms with E-state index in [9.17, 15) is 14.7 Å². The molecule has 0 aliphatic heterocycles. The molecular formula is C20H19N3O5. The van der Waals surface area contributed by atoms with Gasteiger partial charge in [0.1, 0.15) is 0 Å². The molecule has 0 bridgehead atoms. The second-order valence-electron chi connectivity index (χ2n) is 6.08. The van der Waals surface area contributed by atoms with Crippen molar-refractivity contribution in [2.45, 2.75) is 6.42 Å². The number of aromatic nitrogens is 1. The number of hydroxylamine groups is 1. The highest BCUT2D eigenvalue weighted by Crippen LogP contribution is 2.34. The molecule has 2 aromatic carbocycles. The number of hydrogen-bond acceptors (Lipinski definition) is 6. The summed E-state index contributed by atoms with van der Waals surface area (Å²) in [7, 11) is 1.42. The number of pyridine rings is 1. The summed E-state index contributed by atoms with van der Waals surface area (Å²) in [4.78, 5) is 27.4. The van der Waals surface area contributed by atoms with Crippen LogP contribution < -0.4 is 15.5 Å². The van der Waals surface area contributed by atoms with Gasteiger partial charge in [0.25, 0.3) is 11.8 Å². The highest BCUT2D eigenvalue weighted by molar-refractivity contribution is 6.04. The van der Waals surface area contributed by atoms with Gasteiger partial charge in [-0.25, -0.2) is 10.5 Å². The van der Waals surface area contributed by atoms with Crippen LogP contribution in [-0.2, 0) is 11.2 Å². The molecule has 0 radical (unpaired) electrons. The van der Waals surface area contributed by atoms with Crippen LogP contribution >= 0.6 is 0 Å². The zero-order valence-electron chi connectivity index (χ0n) is 15.1. The van der Waals surface area contributed by atoms with Crippen LogP contribution in [0.25, 0.3) is 10.8 Å². The van der Waals surface area contributed by atoms with Crippen molar-refractivity contribution in [2.24, 2.45) is 0 Å². The molecule has 3 rings (SSSR count). The van der Waals surface area contributed by atoms with Gasteiger partial charge in [0.2, 0.25) is 5.88 Å². The Hall–Kier alpha value is -3.65. The molecule has 0 aliphatic carbocycles. The maximum Gasteiger partial charge on any atom is 0.274 e. The number of nitrogens with zero attached hydrogens (tertiary/aromatic N) is 1. The summed E-state index contributed by atoms with van der Waals surface area (Å²) in [5.74, 6) is -1.70. The van der Waals surface area contributed by atoms with Gasteiger partial charge in [-0.15, -0.1) is 0 Å². The van der Waals surface area contributed by atoms with E-state index in [1.54, 1.807) is 6.07 Å². The van der Waals surface area contributed by atoms with Gasteiger partial charge >= 0.3 is 0 Å². The standard InChI is InChI=1S/C20H19N3O5/c1-28-20-15-10-13(9-12-5-3-2-4-6-12)7-8-14(15)18(25)17(22-20)19(26)21-11-16(24)23-27/h2-8,10,25,27H,9,11H2,1H3,(H,21,26)(H,23,24). The van der Waals surface area contributed by atoms with Crippen molar-refractivity contribution in [1.82, 2.24) is 15.8 Å². The van der Waals surface area contributed by atoms with E-state index in [1.807, 2.05) is 42.5 Å². The molecular weight excluding hydrogens is 362 g/mol. The van der Waals surface area contributed by atoms with E-state index in [0.29, 0.717) is 17.2 Å². The number of fused-ring (bicyclic) bond motifs is 1. The van der Waals surface area contributed by atoms with Crippen LogP contribution in [-0.4, -0.2) is 40.8 Å². The Morgan fingerprint density at radius 2 is 1.82 bits per heavy atom. The SMILES string of the molecule is COc1nc(C(=O)NCC(=O)NO)c(O)c2ccc(Cc3ccccc3)cc12. The first-order chi connectivity index (χ1) is 13.5. The van der Waals surface area contributed by atoms with Crippen molar-refractivity contribution >= 4 is 22.6 Å². The molecule has 8 nitrogen and oxygen atoms in total. The first-order valence-electron chi connectivity index (χ1n) is 8.48. The highest BCUT2D eigenvalue weighted by Gasteiger charge is 2.20. The topological polar surface area (TPSA) is 121 Å². The van der Waals surface area contributed by atoms with E-state index in [0.717, 1.165) is 11.1 Å². The largest absolute Gasteiger partial charge is 0.505 e. The normalized spacial score (nSPS) is 10.5. The van der Waals surface area contributed by atoms with Gasteiger partial charge < -0.3 is 15.2 Å². The third-order valence-electron chi connectivity index (χ3n) is 4.20. The molecule has 28 heavy (non-hydrogen) atoms. The van der Waals surface area contributed by atoms with E-state index in [4.69, 9.17) is 9.94 Å². The van der Waals surface area contributed by atoms with Gasteiger partial charge in [-0.2, -0.15) is 0 Å². The molecule has 4 N–H and O–H groups in total. The number of rotatable bonds is 6. The number of methoxy groups -OCH3 is 1. The van der Waals surface area contributed by atoms with Crippen molar-refractivity contribution in [2.75, 3.05) is 13.7 Å². The summed E-state index contributed by atoms with van der Waals surface area (Å²) >= 11 is 0. The van der Waals surface area contributed by atoms with Crippen molar-refractivity contribution in [3.05, 3.63) is 65.4 Å². The lowest BCUT2D eigenvalue weighted by atomic mass is 10.0. The van der Waals surface area contributed by atoms with E-state index < -0.39 is 18.4 Å².